The zero-order chi connectivity index (χ0) is 21.0. The molecule has 0 radical (unpaired) electrons. The summed E-state index contributed by atoms with van der Waals surface area (Å²) in [7, 11) is 0.880. The fraction of sp³-hybridized carbons (Fsp3) is 1.00. The fourth-order valence-electron chi connectivity index (χ4n) is 2.97. The van der Waals surface area contributed by atoms with E-state index in [2.05, 4.69) is 52.3 Å². The molecule has 0 aliphatic rings. The lowest BCUT2D eigenvalue weighted by atomic mass is 10.2. The van der Waals surface area contributed by atoms with E-state index in [0.717, 1.165) is 32.5 Å². The first-order chi connectivity index (χ1) is 13.7. The van der Waals surface area contributed by atoms with Gasteiger partial charge in [-0.1, -0.05) is 67.5 Å². The average Bonchev–Trinajstić information content (AvgIpc) is 2.68. The first kappa shape index (κ1) is 29.0. The standard InChI is InChI=1S/C20H46O4S2Si2/c1-7-13-15-17-20(28(23-11-5)24-12-6)26-25-19(16-14-8-2)18-27(21-9-3)22-10-4/h19-20,27-28H,7-18H2,1-6H3. The zero-order valence-electron chi connectivity index (χ0n) is 19.2. The second-order valence-corrected chi connectivity index (χ2v) is 14.3. The number of rotatable bonds is 21. The van der Waals surface area contributed by atoms with Crippen LogP contribution in [-0.2, 0) is 17.7 Å². The van der Waals surface area contributed by atoms with E-state index < -0.39 is 18.6 Å². The Morgan fingerprint density at radius 3 is 1.71 bits per heavy atom. The number of hydrogen-bond donors (Lipinski definition) is 0. The lowest BCUT2D eigenvalue weighted by Crippen LogP contribution is -2.35. The summed E-state index contributed by atoms with van der Waals surface area (Å²) in [4.78, 5) is 0.514. The van der Waals surface area contributed by atoms with Crippen molar-refractivity contribution in [3.05, 3.63) is 0 Å². The van der Waals surface area contributed by atoms with Crippen molar-refractivity contribution in [3.8, 4) is 0 Å². The molecule has 2 unspecified atom stereocenters. The van der Waals surface area contributed by atoms with Crippen LogP contribution < -0.4 is 0 Å². The predicted octanol–water partition coefficient (Wildman–Crippen LogP) is 6.00. The first-order valence-corrected chi connectivity index (χ1v) is 17.1. The summed E-state index contributed by atoms with van der Waals surface area (Å²) in [5.41, 5.74) is 0. The topological polar surface area (TPSA) is 36.9 Å². The van der Waals surface area contributed by atoms with Crippen LogP contribution in [0.3, 0.4) is 0 Å². The van der Waals surface area contributed by atoms with Gasteiger partial charge in [0.1, 0.15) is 0 Å². The Kier molecular flexibility index (Phi) is 22.0. The van der Waals surface area contributed by atoms with Gasteiger partial charge in [0.2, 0.25) is 0 Å². The molecule has 170 valence electrons. The van der Waals surface area contributed by atoms with Gasteiger partial charge in [-0.25, -0.2) is 0 Å². The van der Waals surface area contributed by atoms with E-state index in [-0.39, 0.29) is 0 Å². The van der Waals surface area contributed by atoms with Crippen molar-refractivity contribution in [1.82, 2.24) is 0 Å². The van der Waals surface area contributed by atoms with Crippen LogP contribution in [0.15, 0.2) is 0 Å². The molecule has 2 atom stereocenters. The second-order valence-electron chi connectivity index (χ2n) is 6.85. The highest BCUT2D eigenvalue weighted by Crippen LogP contribution is 2.39. The molecular formula is C20H46O4S2Si2. The van der Waals surface area contributed by atoms with E-state index in [1.165, 1.54) is 44.9 Å². The molecule has 0 aromatic carbocycles. The van der Waals surface area contributed by atoms with Crippen LogP contribution in [0.5, 0.6) is 0 Å². The first-order valence-electron chi connectivity index (χ1n) is 11.4. The van der Waals surface area contributed by atoms with E-state index in [1.54, 1.807) is 0 Å². The molecule has 0 heterocycles. The minimum atomic E-state index is -1.65. The molecule has 0 aliphatic carbocycles. The molecule has 0 saturated heterocycles. The minimum Gasteiger partial charge on any atom is -0.397 e. The van der Waals surface area contributed by atoms with E-state index in [0.29, 0.717) is 10.1 Å². The van der Waals surface area contributed by atoms with Crippen molar-refractivity contribution >= 4 is 40.2 Å². The lowest BCUT2D eigenvalue weighted by Gasteiger charge is -2.27. The van der Waals surface area contributed by atoms with Crippen LogP contribution in [0.1, 0.15) is 86.5 Å². The summed E-state index contributed by atoms with van der Waals surface area (Å²) in [5.74, 6) is 0. The van der Waals surface area contributed by atoms with Crippen LogP contribution in [0.2, 0.25) is 6.04 Å². The minimum absolute atomic E-state index is 0.514. The van der Waals surface area contributed by atoms with E-state index in [4.69, 9.17) is 17.7 Å². The smallest absolute Gasteiger partial charge is 0.335 e. The van der Waals surface area contributed by atoms with Crippen molar-refractivity contribution in [3.63, 3.8) is 0 Å². The van der Waals surface area contributed by atoms with E-state index in [9.17, 15) is 0 Å². The molecule has 0 aromatic rings. The van der Waals surface area contributed by atoms with Crippen molar-refractivity contribution in [1.29, 1.82) is 0 Å². The highest BCUT2D eigenvalue weighted by atomic mass is 33.1. The van der Waals surface area contributed by atoms with Crippen LogP contribution in [0.25, 0.3) is 0 Å². The summed E-state index contributed by atoms with van der Waals surface area (Å²) in [6.45, 7) is 15.9. The van der Waals surface area contributed by atoms with Crippen LogP contribution >= 0.6 is 21.6 Å². The normalized spacial score (nSPS) is 14.1. The summed E-state index contributed by atoms with van der Waals surface area (Å²) < 4.78 is 24.1. The fourth-order valence-corrected chi connectivity index (χ4v) is 12.5. The highest BCUT2D eigenvalue weighted by molar-refractivity contribution is 8.77. The third kappa shape index (κ3) is 14.9. The molecular weight excluding hydrogens is 425 g/mol. The van der Waals surface area contributed by atoms with Gasteiger partial charge < -0.3 is 17.7 Å². The van der Waals surface area contributed by atoms with Crippen LogP contribution in [0.4, 0.5) is 0 Å². The third-order valence-corrected chi connectivity index (χ3v) is 14.2. The summed E-state index contributed by atoms with van der Waals surface area (Å²) >= 11 is 0. The van der Waals surface area contributed by atoms with Crippen LogP contribution in [-0.4, -0.2) is 55.1 Å². The summed E-state index contributed by atoms with van der Waals surface area (Å²) in [6.07, 6.45) is 8.80. The Labute approximate surface area is 186 Å². The monoisotopic (exact) mass is 470 g/mol. The van der Waals surface area contributed by atoms with Gasteiger partial charge in [0, 0.05) is 37.7 Å². The van der Waals surface area contributed by atoms with Gasteiger partial charge in [0.15, 0.2) is 0 Å². The SMILES string of the molecule is CCCCCC(SSC(CCCC)C[SiH](OCC)OCC)[SiH](OCC)OCC. The van der Waals surface area contributed by atoms with Gasteiger partial charge in [-0.2, -0.15) is 0 Å². The number of unbranched alkanes of at least 4 members (excludes halogenated alkanes) is 3. The molecule has 0 spiro atoms. The second kappa shape index (κ2) is 21.2. The Morgan fingerprint density at radius 2 is 1.21 bits per heavy atom. The molecule has 0 rings (SSSR count). The van der Waals surface area contributed by atoms with Gasteiger partial charge in [0.05, 0.1) is 4.87 Å². The highest BCUT2D eigenvalue weighted by Gasteiger charge is 2.29. The van der Waals surface area contributed by atoms with Crippen molar-refractivity contribution in [2.24, 2.45) is 0 Å². The molecule has 8 heteroatoms. The Balaban J connectivity index is 4.92. The molecule has 0 fully saturated rings. The maximum atomic E-state index is 6.09. The Morgan fingerprint density at radius 1 is 0.643 bits per heavy atom. The third-order valence-electron chi connectivity index (χ3n) is 4.41. The maximum absolute atomic E-state index is 6.09. The van der Waals surface area contributed by atoms with Gasteiger partial charge in [0.25, 0.3) is 0 Å². The number of hydrogen-bond acceptors (Lipinski definition) is 6. The molecule has 0 saturated carbocycles. The summed E-state index contributed by atoms with van der Waals surface area (Å²) in [6, 6.07) is 1.09. The van der Waals surface area contributed by atoms with Crippen molar-refractivity contribution in [2.45, 2.75) is 103 Å². The van der Waals surface area contributed by atoms with Crippen molar-refractivity contribution < 1.29 is 17.7 Å². The lowest BCUT2D eigenvalue weighted by molar-refractivity contribution is 0.211. The molecule has 0 N–H and O–H groups in total. The van der Waals surface area contributed by atoms with Gasteiger partial charge in [-0.3, -0.25) is 0 Å². The van der Waals surface area contributed by atoms with Crippen LogP contribution in [0, 0.1) is 0 Å². The van der Waals surface area contributed by atoms with Crippen molar-refractivity contribution in [2.75, 3.05) is 26.4 Å². The quantitative estimate of drug-likeness (QED) is 0.116. The Bertz CT molecular complexity index is 319. The molecule has 0 aliphatic heterocycles. The largest absolute Gasteiger partial charge is 0.397 e. The average molecular weight is 471 g/mol. The summed E-state index contributed by atoms with van der Waals surface area (Å²) in [5, 5.41) is 0.603. The molecule has 4 nitrogen and oxygen atoms in total. The molecule has 28 heavy (non-hydrogen) atoms. The van der Waals surface area contributed by atoms with E-state index in [1.807, 2.05) is 10.8 Å². The van der Waals surface area contributed by atoms with E-state index >= 15 is 0 Å². The van der Waals surface area contributed by atoms with Gasteiger partial charge in [-0.15, -0.1) is 0 Å². The molecule has 0 aromatic heterocycles. The predicted molar refractivity (Wildman–Crippen MR) is 132 cm³/mol. The maximum Gasteiger partial charge on any atom is 0.335 e. The molecule has 0 bridgehead atoms. The molecule has 0 amide bonds. The zero-order valence-corrected chi connectivity index (χ0v) is 23.2. The van der Waals surface area contributed by atoms with Gasteiger partial charge >= 0.3 is 18.6 Å². The van der Waals surface area contributed by atoms with Gasteiger partial charge in [-0.05, 0) is 40.5 Å². The Hall–Kier alpha value is 0.974.